The van der Waals surface area contributed by atoms with Crippen LogP contribution in [-0.4, -0.2) is 14.5 Å². The molecule has 24 heavy (non-hydrogen) atoms. The molecule has 0 atom stereocenters. The van der Waals surface area contributed by atoms with Gasteiger partial charge in [-0.05, 0) is 29.8 Å². The van der Waals surface area contributed by atoms with Crippen molar-refractivity contribution in [1.29, 1.82) is 0 Å². The summed E-state index contributed by atoms with van der Waals surface area (Å²) in [5, 5.41) is 1.97. The van der Waals surface area contributed by atoms with E-state index in [1.807, 2.05) is 30.3 Å². The van der Waals surface area contributed by atoms with Crippen molar-refractivity contribution in [3.8, 4) is 11.4 Å². The third-order valence-corrected chi connectivity index (χ3v) is 3.81. The molecule has 6 nitrogen and oxygen atoms in total. The number of benzene rings is 2. The Hall–Kier alpha value is -2.70. The quantitative estimate of drug-likeness (QED) is 0.582. The molecule has 122 valence electrons. The largest absolute Gasteiger partial charge is 0.352 e. The van der Waals surface area contributed by atoms with Gasteiger partial charge in [0.05, 0.1) is 6.54 Å². The van der Waals surface area contributed by atoms with Crippen molar-refractivity contribution in [3.05, 3.63) is 75.7 Å². The van der Waals surface area contributed by atoms with Gasteiger partial charge in [-0.25, -0.2) is 10.6 Å². The van der Waals surface area contributed by atoms with Crippen LogP contribution in [0.25, 0.3) is 11.4 Å². The summed E-state index contributed by atoms with van der Waals surface area (Å²) < 4.78 is 1.38. The summed E-state index contributed by atoms with van der Waals surface area (Å²) >= 11 is 5.91. The van der Waals surface area contributed by atoms with Crippen molar-refractivity contribution < 1.29 is 0 Å². The lowest BCUT2D eigenvalue weighted by Gasteiger charge is -2.18. The zero-order chi connectivity index (χ0) is 17.1. The lowest BCUT2D eigenvalue weighted by atomic mass is 10.2. The van der Waals surface area contributed by atoms with Crippen LogP contribution in [0.1, 0.15) is 5.56 Å². The van der Waals surface area contributed by atoms with Crippen molar-refractivity contribution in [2.24, 2.45) is 12.9 Å². The van der Waals surface area contributed by atoms with Gasteiger partial charge in [0.2, 0.25) is 5.95 Å². The van der Waals surface area contributed by atoms with Crippen LogP contribution in [0.2, 0.25) is 5.02 Å². The second-order valence-corrected chi connectivity index (χ2v) is 5.75. The fourth-order valence-corrected chi connectivity index (χ4v) is 2.41. The third-order valence-electron chi connectivity index (χ3n) is 3.56. The summed E-state index contributed by atoms with van der Waals surface area (Å²) in [6.07, 6.45) is 0. The van der Waals surface area contributed by atoms with Gasteiger partial charge in [-0.2, -0.15) is 9.97 Å². The van der Waals surface area contributed by atoms with E-state index in [1.165, 1.54) is 9.58 Å². The summed E-state index contributed by atoms with van der Waals surface area (Å²) in [4.78, 5) is 20.5. The van der Waals surface area contributed by atoms with E-state index in [0.717, 1.165) is 11.1 Å². The van der Waals surface area contributed by atoms with Crippen molar-refractivity contribution in [3.63, 3.8) is 0 Å². The first kappa shape index (κ1) is 16.2. The third kappa shape index (κ3) is 3.45. The van der Waals surface area contributed by atoms with E-state index in [1.54, 1.807) is 31.3 Å². The predicted molar refractivity (Wildman–Crippen MR) is 94.5 cm³/mol. The van der Waals surface area contributed by atoms with Crippen molar-refractivity contribution >= 4 is 17.5 Å². The van der Waals surface area contributed by atoms with Gasteiger partial charge < -0.3 is 0 Å². The van der Waals surface area contributed by atoms with Crippen molar-refractivity contribution in [1.82, 2.24) is 14.5 Å². The molecule has 0 aliphatic heterocycles. The molecule has 0 aliphatic carbocycles. The van der Waals surface area contributed by atoms with Crippen LogP contribution < -0.4 is 16.5 Å². The second kappa shape index (κ2) is 6.82. The van der Waals surface area contributed by atoms with Crippen LogP contribution in [0.4, 0.5) is 5.95 Å². The van der Waals surface area contributed by atoms with E-state index in [0.29, 0.717) is 17.4 Å². The van der Waals surface area contributed by atoms with Crippen LogP contribution in [0, 0.1) is 0 Å². The number of anilines is 1. The molecule has 0 bridgehead atoms. The molecule has 3 aromatic rings. The van der Waals surface area contributed by atoms with E-state index < -0.39 is 5.69 Å². The van der Waals surface area contributed by atoms with Crippen LogP contribution in [0.5, 0.6) is 0 Å². The zero-order valence-electron chi connectivity index (χ0n) is 13.1. The molecular formula is C17H16ClN5O. The molecule has 0 saturated carbocycles. The Morgan fingerprint density at radius 3 is 2.42 bits per heavy atom. The molecule has 0 saturated heterocycles. The first-order chi connectivity index (χ1) is 11.5. The highest BCUT2D eigenvalue weighted by Gasteiger charge is 2.13. The molecule has 1 aromatic heterocycles. The summed E-state index contributed by atoms with van der Waals surface area (Å²) in [7, 11) is 1.62. The summed E-state index contributed by atoms with van der Waals surface area (Å²) in [5.41, 5.74) is 1.33. The molecule has 7 heteroatoms. The molecule has 0 amide bonds. The van der Waals surface area contributed by atoms with Crippen molar-refractivity contribution in [2.45, 2.75) is 6.54 Å². The normalized spacial score (nSPS) is 10.6. The maximum Gasteiger partial charge on any atom is 0.352 e. The van der Waals surface area contributed by atoms with Gasteiger partial charge in [-0.15, -0.1) is 0 Å². The fraction of sp³-hybridized carbons (Fsp3) is 0.118. The van der Waals surface area contributed by atoms with Gasteiger partial charge in [0.15, 0.2) is 0 Å². The minimum absolute atomic E-state index is 0.173. The molecular weight excluding hydrogens is 326 g/mol. The van der Waals surface area contributed by atoms with Gasteiger partial charge in [0.25, 0.3) is 0 Å². The van der Waals surface area contributed by atoms with Gasteiger partial charge in [-0.3, -0.25) is 9.58 Å². The van der Waals surface area contributed by atoms with Crippen LogP contribution in [0.15, 0.2) is 59.4 Å². The van der Waals surface area contributed by atoms with Crippen molar-refractivity contribution in [2.75, 3.05) is 5.01 Å². The van der Waals surface area contributed by atoms with E-state index >= 15 is 0 Å². The first-order valence-corrected chi connectivity index (χ1v) is 7.69. The number of nitrogens with two attached hydrogens (primary N) is 1. The molecule has 0 spiro atoms. The Labute approximate surface area is 144 Å². The number of halogens is 1. The molecule has 0 unspecified atom stereocenters. The van der Waals surface area contributed by atoms with E-state index in [-0.39, 0.29) is 5.95 Å². The number of aromatic nitrogens is 3. The number of rotatable bonds is 4. The Kier molecular flexibility index (Phi) is 4.59. The zero-order valence-corrected chi connectivity index (χ0v) is 13.8. The average molecular weight is 342 g/mol. The molecule has 1 heterocycles. The standard InChI is InChI=1S/C17H16ClN5O/c1-22-15(13-7-9-14(18)10-8-13)20-16(21-17(22)24)23(19)11-12-5-3-2-4-6-12/h2-10H,11,19H2,1H3. The van der Waals surface area contributed by atoms with E-state index in [2.05, 4.69) is 9.97 Å². The minimum Gasteiger partial charge on any atom is -0.279 e. The van der Waals surface area contributed by atoms with E-state index in [9.17, 15) is 4.79 Å². The topological polar surface area (TPSA) is 77.0 Å². The molecule has 3 rings (SSSR count). The lowest BCUT2D eigenvalue weighted by Crippen LogP contribution is -2.35. The van der Waals surface area contributed by atoms with Gasteiger partial charge in [-0.1, -0.05) is 41.9 Å². The number of hydrogen-bond donors (Lipinski definition) is 1. The highest BCUT2D eigenvalue weighted by atomic mass is 35.5. The maximum absolute atomic E-state index is 12.2. The van der Waals surface area contributed by atoms with Crippen LogP contribution in [-0.2, 0) is 13.6 Å². The molecule has 2 N–H and O–H groups in total. The Morgan fingerprint density at radius 2 is 1.75 bits per heavy atom. The Bertz CT molecular complexity index is 893. The lowest BCUT2D eigenvalue weighted by molar-refractivity contribution is 0.736. The van der Waals surface area contributed by atoms with E-state index in [4.69, 9.17) is 17.4 Å². The second-order valence-electron chi connectivity index (χ2n) is 5.31. The number of hydrogen-bond acceptors (Lipinski definition) is 5. The SMILES string of the molecule is Cn1c(-c2ccc(Cl)cc2)nc(N(N)Cc2ccccc2)nc1=O. The van der Waals surface area contributed by atoms with Crippen LogP contribution in [0.3, 0.4) is 0 Å². The maximum atomic E-state index is 12.2. The molecule has 0 radical (unpaired) electrons. The molecule has 2 aromatic carbocycles. The summed E-state index contributed by atoms with van der Waals surface area (Å²) in [5.74, 6) is 6.71. The predicted octanol–water partition coefficient (Wildman–Crippen LogP) is 2.38. The number of nitrogens with zero attached hydrogens (tertiary/aromatic N) is 4. The Morgan fingerprint density at radius 1 is 1.08 bits per heavy atom. The first-order valence-electron chi connectivity index (χ1n) is 7.32. The van der Waals surface area contributed by atoms with Gasteiger partial charge >= 0.3 is 5.69 Å². The Balaban J connectivity index is 1.97. The fourth-order valence-electron chi connectivity index (χ4n) is 2.28. The van der Waals surface area contributed by atoms with Gasteiger partial charge in [0, 0.05) is 17.6 Å². The monoisotopic (exact) mass is 341 g/mol. The molecule has 0 fully saturated rings. The smallest absolute Gasteiger partial charge is 0.279 e. The highest BCUT2D eigenvalue weighted by Crippen LogP contribution is 2.19. The number of hydrazine groups is 1. The summed E-state index contributed by atoms with van der Waals surface area (Å²) in [6.45, 7) is 0.397. The summed E-state index contributed by atoms with van der Waals surface area (Å²) in [6, 6.07) is 16.7. The van der Waals surface area contributed by atoms with Crippen LogP contribution >= 0.6 is 11.6 Å². The minimum atomic E-state index is -0.423. The highest BCUT2D eigenvalue weighted by molar-refractivity contribution is 6.30. The molecule has 0 aliphatic rings. The van der Waals surface area contributed by atoms with Gasteiger partial charge in [0.1, 0.15) is 5.82 Å². The average Bonchev–Trinajstić information content (AvgIpc) is 2.59.